The molecule has 2 aliphatic carbocycles. The minimum atomic E-state index is 0.701. The summed E-state index contributed by atoms with van der Waals surface area (Å²) in [5.74, 6) is 0. The number of hydrogen-bond donors (Lipinski definition) is 0. The molecule has 0 bridgehead atoms. The fourth-order valence-electron chi connectivity index (χ4n) is 3.28. The van der Waals surface area contributed by atoms with Crippen molar-refractivity contribution in [3.8, 4) is 0 Å². The van der Waals surface area contributed by atoms with Crippen LogP contribution in [0, 0.1) is 5.41 Å². The van der Waals surface area contributed by atoms with Crippen molar-refractivity contribution in [3.63, 3.8) is 0 Å². The Kier molecular flexibility index (Phi) is 2.25. The molecule has 68 valence electrons. The van der Waals surface area contributed by atoms with E-state index < -0.39 is 0 Å². The Morgan fingerprint density at radius 3 is 2.17 bits per heavy atom. The van der Waals surface area contributed by atoms with E-state index in [4.69, 9.17) is 0 Å². The van der Waals surface area contributed by atoms with Crippen molar-refractivity contribution in [2.45, 2.75) is 58.3 Å². The molecule has 0 heterocycles. The standard InChI is InChI=1S/C12H20/c1-2-11-7-3-4-8-12(11)9-5-6-10-12/h2H,3-10H2,1H3/b11-2+. The molecule has 2 rings (SSSR count). The van der Waals surface area contributed by atoms with Gasteiger partial charge in [0.2, 0.25) is 0 Å². The molecule has 0 saturated heterocycles. The summed E-state index contributed by atoms with van der Waals surface area (Å²) in [4.78, 5) is 0. The molecule has 0 aromatic heterocycles. The molecule has 1 spiro atoms. The van der Waals surface area contributed by atoms with Crippen LogP contribution in [0.5, 0.6) is 0 Å². The summed E-state index contributed by atoms with van der Waals surface area (Å²) < 4.78 is 0. The van der Waals surface area contributed by atoms with Gasteiger partial charge in [-0.2, -0.15) is 0 Å². The quantitative estimate of drug-likeness (QED) is 0.473. The number of allylic oxidation sites excluding steroid dienone is 2. The van der Waals surface area contributed by atoms with Crippen LogP contribution in [-0.2, 0) is 0 Å². The number of hydrogen-bond acceptors (Lipinski definition) is 0. The lowest BCUT2D eigenvalue weighted by molar-refractivity contribution is 0.281. The smallest absolute Gasteiger partial charge is 0.00882 e. The highest BCUT2D eigenvalue weighted by atomic mass is 14.4. The number of rotatable bonds is 0. The third kappa shape index (κ3) is 1.22. The monoisotopic (exact) mass is 164 g/mol. The van der Waals surface area contributed by atoms with Crippen LogP contribution in [0.1, 0.15) is 58.3 Å². The van der Waals surface area contributed by atoms with Crippen LogP contribution < -0.4 is 0 Å². The zero-order valence-electron chi connectivity index (χ0n) is 8.23. The second kappa shape index (κ2) is 3.24. The maximum Gasteiger partial charge on any atom is -0.00882 e. The van der Waals surface area contributed by atoms with Crippen LogP contribution in [0.25, 0.3) is 0 Å². The minimum Gasteiger partial charge on any atom is -0.0879 e. The summed E-state index contributed by atoms with van der Waals surface area (Å²) in [6, 6.07) is 0. The average Bonchev–Trinajstić information content (AvgIpc) is 2.55. The van der Waals surface area contributed by atoms with Crippen molar-refractivity contribution < 1.29 is 0 Å². The van der Waals surface area contributed by atoms with Crippen LogP contribution >= 0.6 is 0 Å². The highest BCUT2D eigenvalue weighted by molar-refractivity contribution is 5.17. The maximum absolute atomic E-state index is 2.41. The van der Waals surface area contributed by atoms with Gasteiger partial charge >= 0.3 is 0 Å². The summed E-state index contributed by atoms with van der Waals surface area (Å²) in [7, 11) is 0. The average molecular weight is 164 g/mol. The van der Waals surface area contributed by atoms with E-state index in [0.717, 1.165) is 0 Å². The van der Waals surface area contributed by atoms with Gasteiger partial charge in [-0.15, -0.1) is 0 Å². The molecule has 2 saturated carbocycles. The van der Waals surface area contributed by atoms with Crippen molar-refractivity contribution in [3.05, 3.63) is 11.6 Å². The van der Waals surface area contributed by atoms with Crippen molar-refractivity contribution in [2.75, 3.05) is 0 Å². The molecule has 0 N–H and O–H groups in total. The van der Waals surface area contributed by atoms with E-state index in [-0.39, 0.29) is 0 Å². The van der Waals surface area contributed by atoms with Crippen LogP contribution in [0.2, 0.25) is 0 Å². The van der Waals surface area contributed by atoms with E-state index in [9.17, 15) is 0 Å². The Balaban J connectivity index is 2.19. The summed E-state index contributed by atoms with van der Waals surface area (Å²) in [5, 5.41) is 0. The Morgan fingerprint density at radius 2 is 1.58 bits per heavy atom. The zero-order chi connectivity index (χ0) is 8.44. The minimum absolute atomic E-state index is 0.701. The molecule has 0 radical (unpaired) electrons. The summed E-state index contributed by atoms with van der Waals surface area (Å²) in [5.41, 5.74) is 2.50. The first-order valence-corrected chi connectivity index (χ1v) is 5.53. The molecular weight excluding hydrogens is 144 g/mol. The van der Waals surface area contributed by atoms with Gasteiger partial charge in [0, 0.05) is 0 Å². The van der Waals surface area contributed by atoms with Gasteiger partial charge in [-0.05, 0) is 44.4 Å². The summed E-state index contributed by atoms with van der Waals surface area (Å²) in [6.45, 7) is 2.24. The molecule has 0 nitrogen and oxygen atoms in total. The van der Waals surface area contributed by atoms with Crippen molar-refractivity contribution >= 4 is 0 Å². The predicted molar refractivity (Wildman–Crippen MR) is 53.1 cm³/mol. The largest absolute Gasteiger partial charge is 0.0879 e. The van der Waals surface area contributed by atoms with Gasteiger partial charge in [-0.25, -0.2) is 0 Å². The Bertz CT molecular complexity index is 182. The molecule has 2 fully saturated rings. The lowest BCUT2D eigenvalue weighted by Crippen LogP contribution is -2.22. The van der Waals surface area contributed by atoms with E-state index >= 15 is 0 Å². The van der Waals surface area contributed by atoms with Gasteiger partial charge in [-0.1, -0.05) is 30.9 Å². The van der Waals surface area contributed by atoms with Gasteiger partial charge in [0.25, 0.3) is 0 Å². The second-order valence-corrected chi connectivity index (χ2v) is 4.51. The van der Waals surface area contributed by atoms with E-state index in [0.29, 0.717) is 5.41 Å². The lowest BCUT2D eigenvalue weighted by atomic mass is 9.69. The van der Waals surface area contributed by atoms with Crippen molar-refractivity contribution in [1.82, 2.24) is 0 Å². The van der Waals surface area contributed by atoms with E-state index in [1.165, 1.54) is 51.4 Å². The van der Waals surface area contributed by atoms with Crippen LogP contribution in [0.3, 0.4) is 0 Å². The molecule has 0 atom stereocenters. The first-order chi connectivity index (χ1) is 5.87. The molecular formula is C12H20. The van der Waals surface area contributed by atoms with E-state index in [1.807, 2.05) is 0 Å². The van der Waals surface area contributed by atoms with Gasteiger partial charge in [0.1, 0.15) is 0 Å². The molecule has 0 unspecified atom stereocenters. The zero-order valence-corrected chi connectivity index (χ0v) is 8.23. The van der Waals surface area contributed by atoms with Crippen LogP contribution in [-0.4, -0.2) is 0 Å². The molecule has 0 amide bonds. The summed E-state index contributed by atoms with van der Waals surface area (Å²) >= 11 is 0. The van der Waals surface area contributed by atoms with Crippen LogP contribution in [0.15, 0.2) is 11.6 Å². The molecule has 0 aromatic carbocycles. The van der Waals surface area contributed by atoms with Crippen molar-refractivity contribution in [1.29, 1.82) is 0 Å². The normalized spacial score (nSPS) is 31.6. The first-order valence-electron chi connectivity index (χ1n) is 5.53. The Morgan fingerprint density at radius 1 is 1.00 bits per heavy atom. The van der Waals surface area contributed by atoms with E-state index in [1.54, 1.807) is 5.57 Å². The van der Waals surface area contributed by atoms with Crippen molar-refractivity contribution in [2.24, 2.45) is 5.41 Å². The lowest BCUT2D eigenvalue weighted by Gasteiger charge is -2.36. The predicted octanol–water partition coefficient (Wildman–Crippen LogP) is 4.07. The highest BCUT2D eigenvalue weighted by Crippen LogP contribution is 2.51. The second-order valence-electron chi connectivity index (χ2n) is 4.51. The van der Waals surface area contributed by atoms with Gasteiger partial charge in [0.15, 0.2) is 0 Å². The molecule has 0 aliphatic heterocycles. The van der Waals surface area contributed by atoms with Gasteiger partial charge < -0.3 is 0 Å². The topological polar surface area (TPSA) is 0 Å². The van der Waals surface area contributed by atoms with Crippen LogP contribution in [0.4, 0.5) is 0 Å². The SMILES string of the molecule is C/C=C1\CCCCC12CCCC2. The maximum atomic E-state index is 2.41. The molecule has 12 heavy (non-hydrogen) atoms. The van der Waals surface area contributed by atoms with Gasteiger partial charge in [0.05, 0.1) is 0 Å². The summed E-state index contributed by atoms with van der Waals surface area (Å²) in [6.07, 6.45) is 14.2. The highest BCUT2D eigenvalue weighted by Gasteiger charge is 2.37. The Hall–Kier alpha value is -0.260. The molecule has 2 aliphatic rings. The molecule has 0 aromatic rings. The fourth-order valence-corrected chi connectivity index (χ4v) is 3.28. The third-order valence-corrected chi connectivity index (χ3v) is 3.94. The Labute approximate surface area is 76.1 Å². The fraction of sp³-hybridized carbons (Fsp3) is 0.833. The first kappa shape index (κ1) is 8.34. The molecule has 0 heteroatoms. The third-order valence-electron chi connectivity index (χ3n) is 3.94. The van der Waals surface area contributed by atoms with Gasteiger partial charge in [-0.3, -0.25) is 0 Å². The van der Waals surface area contributed by atoms with E-state index in [2.05, 4.69) is 13.0 Å².